The van der Waals surface area contributed by atoms with Crippen molar-refractivity contribution in [3.8, 4) is 0 Å². The molecule has 5 nitrogen and oxygen atoms in total. The predicted molar refractivity (Wildman–Crippen MR) is 89.6 cm³/mol. The maximum absolute atomic E-state index is 12.9. The van der Waals surface area contributed by atoms with Crippen molar-refractivity contribution in [1.82, 2.24) is 9.88 Å². The number of carbonyl (C=O) groups is 1. The summed E-state index contributed by atoms with van der Waals surface area (Å²) in [6.07, 6.45) is 2.41. The van der Waals surface area contributed by atoms with Gasteiger partial charge in [-0.05, 0) is 36.2 Å². The minimum atomic E-state index is -0.230. The number of pyridine rings is 1. The molecule has 1 aromatic carbocycles. The molecule has 0 unspecified atom stereocenters. The highest BCUT2D eigenvalue weighted by molar-refractivity contribution is 5.93. The van der Waals surface area contributed by atoms with Crippen LogP contribution in [0.1, 0.15) is 16.1 Å². The van der Waals surface area contributed by atoms with E-state index in [2.05, 4.69) is 10.3 Å². The maximum atomic E-state index is 12.9. The smallest absolute Gasteiger partial charge is 0.272 e. The van der Waals surface area contributed by atoms with Crippen LogP contribution in [0.25, 0.3) is 0 Å². The summed E-state index contributed by atoms with van der Waals surface area (Å²) < 4.78 is 18.1. The summed E-state index contributed by atoms with van der Waals surface area (Å²) >= 11 is 0. The summed E-state index contributed by atoms with van der Waals surface area (Å²) in [6, 6.07) is 10.1. The van der Waals surface area contributed by atoms with Crippen LogP contribution in [0.4, 0.5) is 10.1 Å². The van der Waals surface area contributed by atoms with Crippen LogP contribution < -0.4 is 5.32 Å². The largest absolute Gasteiger partial charge is 0.385 e. The fraction of sp³-hybridized carbons (Fsp3) is 0.333. The van der Waals surface area contributed by atoms with Gasteiger partial charge in [0.25, 0.3) is 5.91 Å². The summed E-state index contributed by atoms with van der Waals surface area (Å²) in [7, 11) is 0. The van der Waals surface area contributed by atoms with E-state index in [1.807, 2.05) is 6.07 Å². The zero-order chi connectivity index (χ0) is 16.8. The molecule has 1 fully saturated rings. The molecule has 0 radical (unpaired) electrons. The molecule has 24 heavy (non-hydrogen) atoms. The number of benzene rings is 1. The molecule has 0 aliphatic carbocycles. The number of halogens is 1. The Balaban J connectivity index is 1.56. The first-order chi connectivity index (χ1) is 11.7. The first-order valence-corrected chi connectivity index (χ1v) is 8.04. The average Bonchev–Trinajstić information content (AvgIpc) is 2.64. The van der Waals surface area contributed by atoms with Gasteiger partial charge in [0.2, 0.25) is 0 Å². The van der Waals surface area contributed by atoms with Crippen LogP contribution in [-0.4, -0.2) is 48.6 Å². The quantitative estimate of drug-likeness (QED) is 0.915. The lowest BCUT2D eigenvalue weighted by molar-refractivity contribution is 0.0299. The van der Waals surface area contributed by atoms with Gasteiger partial charge in [0, 0.05) is 31.5 Å². The zero-order valence-corrected chi connectivity index (χ0v) is 13.4. The Hall–Kier alpha value is -2.47. The summed E-state index contributed by atoms with van der Waals surface area (Å²) in [5.41, 5.74) is 2.34. The van der Waals surface area contributed by atoms with Gasteiger partial charge in [-0.2, -0.15) is 0 Å². The van der Waals surface area contributed by atoms with Gasteiger partial charge in [0.05, 0.1) is 13.2 Å². The molecule has 126 valence electrons. The van der Waals surface area contributed by atoms with Crippen LogP contribution in [0.3, 0.4) is 0 Å². The molecule has 1 aliphatic rings. The Morgan fingerprint density at radius 1 is 1.21 bits per heavy atom. The second-order valence-corrected chi connectivity index (χ2v) is 5.64. The average molecular weight is 329 g/mol. The third-order valence-electron chi connectivity index (χ3n) is 3.93. The summed E-state index contributed by atoms with van der Waals surface area (Å²) in [5.74, 6) is -0.299. The van der Waals surface area contributed by atoms with Gasteiger partial charge in [0.1, 0.15) is 11.5 Å². The Bertz CT molecular complexity index is 685. The number of anilines is 1. The normalized spacial score (nSPS) is 14.5. The van der Waals surface area contributed by atoms with Gasteiger partial charge in [0.15, 0.2) is 0 Å². The molecule has 2 heterocycles. The molecule has 2 aromatic rings. The third-order valence-corrected chi connectivity index (χ3v) is 3.93. The Labute approximate surface area is 140 Å². The van der Waals surface area contributed by atoms with Gasteiger partial charge in [-0.15, -0.1) is 0 Å². The summed E-state index contributed by atoms with van der Waals surface area (Å²) in [6.45, 7) is 3.04. The van der Waals surface area contributed by atoms with E-state index in [-0.39, 0.29) is 11.7 Å². The van der Waals surface area contributed by atoms with Crippen molar-refractivity contribution >= 4 is 11.6 Å². The molecule has 0 spiro atoms. The van der Waals surface area contributed by atoms with E-state index in [0.29, 0.717) is 38.5 Å². The number of ether oxygens (including phenoxy) is 1. The van der Waals surface area contributed by atoms with Crippen molar-refractivity contribution in [1.29, 1.82) is 0 Å². The van der Waals surface area contributed by atoms with E-state index in [4.69, 9.17) is 4.74 Å². The van der Waals surface area contributed by atoms with Gasteiger partial charge in [-0.1, -0.05) is 12.1 Å². The molecule has 0 atom stereocenters. The molecule has 1 saturated heterocycles. The number of hydrogen-bond donors (Lipinski definition) is 1. The standard InChI is InChI=1S/C18H20FN3O2/c19-15-3-1-14(2-4-15)5-7-20-16-6-8-21-17(13-16)18(23)22-9-11-24-12-10-22/h1-4,6,8,13H,5,7,9-12H2,(H,20,21). The van der Waals surface area contributed by atoms with Crippen LogP contribution in [0.5, 0.6) is 0 Å². The first kappa shape index (κ1) is 16.4. The van der Waals surface area contributed by atoms with Gasteiger partial charge in [-0.25, -0.2) is 4.39 Å². The lowest BCUT2D eigenvalue weighted by Gasteiger charge is -2.26. The molecule has 0 bridgehead atoms. The van der Waals surface area contributed by atoms with Crippen molar-refractivity contribution < 1.29 is 13.9 Å². The van der Waals surface area contributed by atoms with E-state index in [1.165, 1.54) is 12.1 Å². The van der Waals surface area contributed by atoms with Crippen molar-refractivity contribution in [3.05, 3.63) is 59.7 Å². The van der Waals surface area contributed by atoms with E-state index in [1.54, 1.807) is 29.3 Å². The van der Waals surface area contributed by atoms with Crippen molar-refractivity contribution in [2.45, 2.75) is 6.42 Å². The van der Waals surface area contributed by atoms with E-state index < -0.39 is 0 Å². The molecule has 0 saturated carbocycles. The Kier molecular flexibility index (Phi) is 5.38. The fourth-order valence-electron chi connectivity index (χ4n) is 2.59. The minimum absolute atomic E-state index is 0.0690. The molecule has 6 heteroatoms. The fourth-order valence-corrected chi connectivity index (χ4v) is 2.59. The minimum Gasteiger partial charge on any atom is -0.385 e. The van der Waals surface area contributed by atoms with Crippen LogP contribution in [-0.2, 0) is 11.2 Å². The highest BCUT2D eigenvalue weighted by Crippen LogP contribution is 2.12. The second-order valence-electron chi connectivity index (χ2n) is 5.64. The molecule has 3 rings (SSSR count). The first-order valence-electron chi connectivity index (χ1n) is 8.04. The highest BCUT2D eigenvalue weighted by atomic mass is 19.1. The van der Waals surface area contributed by atoms with Gasteiger partial charge < -0.3 is 15.0 Å². The van der Waals surface area contributed by atoms with Gasteiger partial charge in [-0.3, -0.25) is 9.78 Å². The van der Waals surface area contributed by atoms with Crippen LogP contribution in [0, 0.1) is 5.82 Å². The number of morpholine rings is 1. The monoisotopic (exact) mass is 329 g/mol. The molecule has 1 amide bonds. The number of hydrogen-bond acceptors (Lipinski definition) is 4. The van der Waals surface area contributed by atoms with E-state index in [0.717, 1.165) is 17.7 Å². The van der Waals surface area contributed by atoms with E-state index >= 15 is 0 Å². The van der Waals surface area contributed by atoms with E-state index in [9.17, 15) is 9.18 Å². The number of amides is 1. The topological polar surface area (TPSA) is 54.5 Å². The van der Waals surface area contributed by atoms with Crippen molar-refractivity contribution in [3.63, 3.8) is 0 Å². The third kappa shape index (κ3) is 4.29. The van der Waals surface area contributed by atoms with Crippen molar-refractivity contribution in [2.75, 3.05) is 38.2 Å². The van der Waals surface area contributed by atoms with Crippen LogP contribution in [0.2, 0.25) is 0 Å². The molecule has 1 aliphatic heterocycles. The molecular weight excluding hydrogens is 309 g/mol. The SMILES string of the molecule is O=C(c1cc(NCCc2ccc(F)cc2)ccn1)N1CCOCC1. The molecular formula is C18H20FN3O2. The molecule has 1 aromatic heterocycles. The lowest BCUT2D eigenvalue weighted by Crippen LogP contribution is -2.41. The molecule has 1 N–H and O–H groups in total. The zero-order valence-electron chi connectivity index (χ0n) is 13.4. The number of carbonyl (C=O) groups excluding carboxylic acids is 1. The van der Waals surface area contributed by atoms with Crippen molar-refractivity contribution in [2.24, 2.45) is 0 Å². The summed E-state index contributed by atoms with van der Waals surface area (Å²) in [4.78, 5) is 18.4. The van der Waals surface area contributed by atoms with Gasteiger partial charge >= 0.3 is 0 Å². The number of rotatable bonds is 5. The lowest BCUT2D eigenvalue weighted by atomic mass is 10.1. The maximum Gasteiger partial charge on any atom is 0.272 e. The predicted octanol–water partition coefficient (Wildman–Crippen LogP) is 2.35. The second kappa shape index (κ2) is 7.88. The Morgan fingerprint density at radius 2 is 1.96 bits per heavy atom. The number of nitrogens with one attached hydrogen (secondary N) is 1. The number of aromatic nitrogens is 1. The highest BCUT2D eigenvalue weighted by Gasteiger charge is 2.19. The number of nitrogens with zero attached hydrogens (tertiary/aromatic N) is 2. The summed E-state index contributed by atoms with van der Waals surface area (Å²) in [5, 5.41) is 3.28. The van der Waals surface area contributed by atoms with Crippen LogP contribution >= 0.6 is 0 Å². The van der Waals surface area contributed by atoms with Crippen LogP contribution in [0.15, 0.2) is 42.6 Å². The Morgan fingerprint density at radius 3 is 2.71 bits per heavy atom.